The van der Waals surface area contributed by atoms with Crippen molar-refractivity contribution in [2.75, 3.05) is 12.4 Å². The van der Waals surface area contributed by atoms with Crippen LogP contribution in [0.3, 0.4) is 0 Å². The number of carbonyl (C=O) groups is 2. The molecule has 2 aromatic rings. The highest BCUT2D eigenvalue weighted by Crippen LogP contribution is 2.22. The highest BCUT2D eigenvalue weighted by Gasteiger charge is 2.18. The second-order valence-corrected chi connectivity index (χ2v) is 5.92. The molecule has 1 aromatic carbocycles. The standard InChI is InChI=1S/C19H22N2O3/c1-12(2)18(21(5)14(4)13(3)11-22)19(23)20-16-6-7-17-15(10-16)8-9-24-17/h6-11H,1-5H3,(H,20,23)/b14-13+. The van der Waals surface area contributed by atoms with Gasteiger partial charge < -0.3 is 14.6 Å². The van der Waals surface area contributed by atoms with Gasteiger partial charge in [0.1, 0.15) is 17.6 Å². The summed E-state index contributed by atoms with van der Waals surface area (Å²) >= 11 is 0. The van der Waals surface area contributed by atoms with Crippen LogP contribution in [0.25, 0.3) is 11.0 Å². The number of carbonyl (C=O) groups excluding carboxylic acids is 2. The molecule has 1 aromatic heterocycles. The molecule has 0 spiro atoms. The number of aldehydes is 1. The van der Waals surface area contributed by atoms with Crippen molar-refractivity contribution in [3.05, 3.63) is 53.1 Å². The van der Waals surface area contributed by atoms with Gasteiger partial charge in [0.2, 0.25) is 0 Å². The molecular formula is C19H22N2O3. The SMILES string of the molecule is CC(C)=C(C(=O)Nc1ccc2occc2c1)N(C)/C(C)=C(\C)C=O. The summed E-state index contributed by atoms with van der Waals surface area (Å²) in [5.74, 6) is -0.224. The number of anilines is 1. The molecule has 0 unspecified atom stereocenters. The predicted molar refractivity (Wildman–Crippen MR) is 95.4 cm³/mol. The molecular weight excluding hydrogens is 304 g/mol. The van der Waals surface area contributed by atoms with Gasteiger partial charge in [-0.25, -0.2) is 0 Å². The fraction of sp³-hybridized carbons (Fsp3) is 0.263. The Bertz CT molecular complexity index is 839. The van der Waals surface area contributed by atoms with Gasteiger partial charge in [0.15, 0.2) is 0 Å². The van der Waals surface area contributed by atoms with Crippen molar-refractivity contribution in [3.63, 3.8) is 0 Å². The van der Waals surface area contributed by atoms with E-state index in [0.29, 0.717) is 17.0 Å². The first kappa shape index (κ1) is 17.5. The van der Waals surface area contributed by atoms with E-state index in [1.165, 1.54) is 0 Å². The van der Waals surface area contributed by atoms with E-state index in [1.807, 2.05) is 39.0 Å². The summed E-state index contributed by atoms with van der Waals surface area (Å²) in [4.78, 5) is 25.5. The molecule has 1 amide bonds. The van der Waals surface area contributed by atoms with Crippen LogP contribution in [-0.4, -0.2) is 24.1 Å². The van der Waals surface area contributed by atoms with E-state index in [4.69, 9.17) is 4.42 Å². The Hall–Kier alpha value is -2.82. The molecule has 1 N–H and O–H groups in total. The second kappa shape index (κ2) is 7.17. The topological polar surface area (TPSA) is 62.6 Å². The Morgan fingerprint density at radius 2 is 1.88 bits per heavy atom. The zero-order valence-corrected chi connectivity index (χ0v) is 14.6. The van der Waals surface area contributed by atoms with Crippen molar-refractivity contribution < 1.29 is 14.0 Å². The highest BCUT2D eigenvalue weighted by molar-refractivity contribution is 6.04. The van der Waals surface area contributed by atoms with Crippen molar-refractivity contribution in [3.8, 4) is 0 Å². The largest absolute Gasteiger partial charge is 0.464 e. The van der Waals surface area contributed by atoms with Crippen molar-refractivity contribution in [2.24, 2.45) is 0 Å². The summed E-state index contributed by atoms with van der Waals surface area (Å²) in [6, 6.07) is 7.32. The quantitative estimate of drug-likeness (QED) is 0.664. The smallest absolute Gasteiger partial charge is 0.272 e. The Balaban J connectivity index is 2.30. The summed E-state index contributed by atoms with van der Waals surface area (Å²) in [5, 5.41) is 3.83. The Labute approximate surface area is 141 Å². The third kappa shape index (κ3) is 3.56. The van der Waals surface area contributed by atoms with Crippen LogP contribution in [0.4, 0.5) is 5.69 Å². The first-order valence-corrected chi connectivity index (χ1v) is 7.67. The highest BCUT2D eigenvalue weighted by atomic mass is 16.3. The monoisotopic (exact) mass is 326 g/mol. The number of hydrogen-bond donors (Lipinski definition) is 1. The molecule has 126 valence electrons. The maximum absolute atomic E-state index is 12.7. The van der Waals surface area contributed by atoms with E-state index in [-0.39, 0.29) is 5.91 Å². The van der Waals surface area contributed by atoms with E-state index < -0.39 is 0 Å². The molecule has 0 atom stereocenters. The average Bonchev–Trinajstić information content (AvgIpc) is 3.00. The summed E-state index contributed by atoms with van der Waals surface area (Å²) in [6.45, 7) is 7.28. The van der Waals surface area contributed by atoms with E-state index in [1.54, 1.807) is 31.2 Å². The number of fused-ring (bicyclic) bond motifs is 1. The lowest BCUT2D eigenvalue weighted by atomic mass is 10.1. The number of hydrogen-bond acceptors (Lipinski definition) is 4. The minimum atomic E-state index is -0.224. The molecule has 24 heavy (non-hydrogen) atoms. The minimum absolute atomic E-state index is 0.224. The number of allylic oxidation sites excluding steroid dienone is 3. The fourth-order valence-corrected chi connectivity index (χ4v) is 2.47. The normalized spacial score (nSPS) is 11.7. The number of rotatable bonds is 5. The molecule has 0 aliphatic heterocycles. The van der Waals surface area contributed by atoms with Crippen LogP contribution in [0, 0.1) is 0 Å². The van der Waals surface area contributed by atoms with E-state index in [0.717, 1.165) is 28.5 Å². The van der Waals surface area contributed by atoms with Gasteiger partial charge in [0.25, 0.3) is 5.91 Å². The summed E-state index contributed by atoms with van der Waals surface area (Å²) in [6.07, 6.45) is 2.40. The zero-order chi connectivity index (χ0) is 17.9. The fourth-order valence-electron chi connectivity index (χ4n) is 2.47. The van der Waals surface area contributed by atoms with Crippen LogP contribution >= 0.6 is 0 Å². The van der Waals surface area contributed by atoms with Crippen molar-refractivity contribution in [1.29, 1.82) is 0 Å². The number of benzene rings is 1. The van der Waals surface area contributed by atoms with Crippen molar-refractivity contribution in [2.45, 2.75) is 27.7 Å². The summed E-state index contributed by atoms with van der Waals surface area (Å²) in [5.41, 5.74) is 4.16. The summed E-state index contributed by atoms with van der Waals surface area (Å²) < 4.78 is 5.30. The molecule has 2 rings (SSSR count). The first-order valence-electron chi connectivity index (χ1n) is 7.67. The van der Waals surface area contributed by atoms with Gasteiger partial charge >= 0.3 is 0 Å². The maximum Gasteiger partial charge on any atom is 0.272 e. The van der Waals surface area contributed by atoms with Crippen molar-refractivity contribution >= 4 is 28.8 Å². The van der Waals surface area contributed by atoms with Crippen LogP contribution in [-0.2, 0) is 9.59 Å². The van der Waals surface area contributed by atoms with Gasteiger partial charge in [-0.3, -0.25) is 9.59 Å². The van der Waals surface area contributed by atoms with Crippen LogP contribution in [0.1, 0.15) is 27.7 Å². The van der Waals surface area contributed by atoms with Crippen LogP contribution in [0.5, 0.6) is 0 Å². The average molecular weight is 326 g/mol. The Kier molecular flexibility index (Phi) is 5.24. The molecule has 0 aliphatic rings. The lowest BCUT2D eigenvalue weighted by Gasteiger charge is -2.25. The van der Waals surface area contributed by atoms with Crippen LogP contribution in [0.15, 0.2) is 57.5 Å². The lowest BCUT2D eigenvalue weighted by molar-refractivity contribution is -0.114. The third-order valence-corrected chi connectivity index (χ3v) is 3.98. The van der Waals surface area contributed by atoms with E-state index in [9.17, 15) is 9.59 Å². The molecule has 5 nitrogen and oxygen atoms in total. The molecule has 0 saturated carbocycles. The number of furan rings is 1. The molecule has 0 fully saturated rings. The van der Waals surface area contributed by atoms with E-state index in [2.05, 4.69) is 5.32 Å². The van der Waals surface area contributed by atoms with Crippen molar-refractivity contribution in [1.82, 2.24) is 4.90 Å². The summed E-state index contributed by atoms with van der Waals surface area (Å²) in [7, 11) is 1.78. The Morgan fingerprint density at radius 1 is 1.17 bits per heavy atom. The second-order valence-electron chi connectivity index (χ2n) is 5.92. The molecule has 5 heteroatoms. The van der Waals surface area contributed by atoms with Gasteiger partial charge in [0, 0.05) is 29.4 Å². The van der Waals surface area contributed by atoms with E-state index >= 15 is 0 Å². The van der Waals surface area contributed by atoms with Gasteiger partial charge in [-0.05, 0) is 57.5 Å². The van der Waals surface area contributed by atoms with Gasteiger partial charge in [-0.2, -0.15) is 0 Å². The first-order chi connectivity index (χ1) is 11.3. The van der Waals surface area contributed by atoms with Crippen LogP contribution < -0.4 is 5.32 Å². The lowest BCUT2D eigenvalue weighted by Crippen LogP contribution is -2.28. The number of nitrogens with one attached hydrogen (secondary N) is 1. The molecule has 0 aliphatic carbocycles. The molecule has 0 saturated heterocycles. The van der Waals surface area contributed by atoms with Gasteiger partial charge in [-0.1, -0.05) is 0 Å². The number of nitrogens with zero attached hydrogens (tertiary/aromatic N) is 1. The predicted octanol–water partition coefficient (Wildman–Crippen LogP) is 4.09. The molecule has 1 heterocycles. The zero-order valence-electron chi connectivity index (χ0n) is 14.6. The maximum atomic E-state index is 12.7. The van der Waals surface area contributed by atoms with Gasteiger partial charge in [0.05, 0.1) is 6.26 Å². The Morgan fingerprint density at radius 3 is 2.50 bits per heavy atom. The molecule has 0 radical (unpaired) electrons. The third-order valence-electron chi connectivity index (χ3n) is 3.98. The van der Waals surface area contributed by atoms with Gasteiger partial charge in [-0.15, -0.1) is 0 Å². The van der Waals surface area contributed by atoms with Crippen LogP contribution in [0.2, 0.25) is 0 Å². The number of likely N-dealkylation sites (N-methyl/N-ethyl adjacent to an activating group) is 1. The number of amides is 1. The molecule has 0 bridgehead atoms. The minimum Gasteiger partial charge on any atom is -0.464 e.